The van der Waals surface area contributed by atoms with Crippen molar-refractivity contribution < 1.29 is 18.9 Å². The molecule has 0 bridgehead atoms. The molecule has 0 N–H and O–H groups in total. The molecule has 0 saturated carbocycles. The molecule has 1 aromatic carbocycles. The molecule has 0 aliphatic carbocycles. The van der Waals surface area contributed by atoms with E-state index in [1.54, 1.807) is 13.1 Å². The van der Waals surface area contributed by atoms with Crippen LogP contribution in [0.2, 0.25) is 0 Å². The number of carbonyl (C=O) groups is 1. The van der Waals surface area contributed by atoms with Crippen LogP contribution in [0.25, 0.3) is 11.0 Å². The van der Waals surface area contributed by atoms with E-state index in [-0.39, 0.29) is 11.8 Å². The minimum atomic E-state index is -0.532. The van der Waals surface area contributed by atoms with Gasteiger partial charge in [-0.2, -0.15) is 0 Å². The molecular weight excluding hydrogens is 338 g/mol. The zero-order chi connectivity index (χ0) is 19.5. The lowest BCUT2D eigenvalue weighted by Gasteiger charge is -2.25. The molecule has 0 atom stereocenters. The highest BCUT2D eigenvalue weighted by Gasteiger charge is 2.20. The maximum absolute atomic E-state index is 12.0. The Morgan fingerprint density at radius 3 is 2.58 bits per heavy atom. The number of nitro benzene ring substituents is 1. The van der Waals surface area contributed by atoms with Crippen molar-refractivity contribution in [2.45, 2.75) is 32.8 Å². The number of anilines is 1. The second kappa shape index (κ2) is 7.63. The first kappa shape index (κ1) is 19.6. The molecule has 0 fully saturated rings. The number of benzene rings is 1. The van der Waals surface area contributed by atoms with Crippen LogP contribution < -0.4 is 4.90 Å². The molecule has 2 aromatic rings. The van der Waals surface area contributed by atoms with E-state index < -0.39 is 10.5 Å². The fourth-order valence-corrected chi connectivity index (χ4v) is 2.53. The lowest BCUT2D eigenvalue weighted by Crippen LogP contribution is -2.35. The minimum Gasteiger partial charge on any atom is -0.462 e. The first-order chi connectivity index (χ1) is 12.1. The van der Waals surface area contributed by atoms with Crippen molar-refractivity contribution >= 4 is 28.4 Å². The predicted octanol–water partition coefficient (Wildman–Crippen LogP) is 4.03. The summed E-state index contributed by atoms with van der Waals surface area (Å²) in [4.78, 5) is 26.1. The van der Waals surface area contributed by atoms with E-state index in [0.717, 1.165) is 0 Å². The molecule has 26 heavy (non-hydrogen) atoms. The van der Waals surface area contributed by atoms with Gasteiger partial charge < -0.3 is 19.0 Å². The van der Waals surface area contributed by atoms with Crippen LogP contribution in [-0.2, 0) is 4.74 Å². The van der Waals surface area contributed by atoms with Crippen molar-refractivity contribution in [3.05, 3.63) is 34.6 Å². The van der Waals surface area contributed by atoms with Gasteiger partial charge in [-0.05, 0) is 33.3 Å². The molecule has 0 spiro atoms. The zero-order valence-corrected chi connectivity index (χ0v) is 15.8. The molecule has 8 nitrogen and oxygen atoms in total. The van der Waals surface area contributed by atoms with Gasteiger partial charge in [-0.15, -0.1) is 0 Å². The largest absolute Gasteiger partial charge is 0.462 e. The second-order valence-corrected chi connectivity index (χ2v) is 7.24. The average molecular weight is 363 g/mol. The molecule has 142 valence electrons. The summed E-state index contributed by atoms with van der Waals surface area (Å²) in [5.74, 6) is 0. The van der Waals surface area contributed by atoms with Crippen LogP contribution in [0.5, 0.6) is 0 Å². The Morgan fingerprint density at radius 1 is 1.27 bits per heavy atom. The zero-order valence-electron chi connectivity index (χ0n) is 15.8. The summed E-state index contributed by atoms with van der Waals surface area (Å²) in [6.07, 6.45) is 1.82. The third-order valence-electron chi connectivity index (χ3n) is 3.83. The maximum Gasteiger partial charge on any atom is 0.410 e. The van der Waals surface area contributed by atoms with Crippen LogP contribution in [0, 0.1) is 10.1 Å². The summed E-state index contributed by atoms with van der Waals surface area (Å²) in [6, 6.07) is 4.70. The SMILES string of the molecule is CN(CCCN(C)c1cc([N+](=O)[O-])cc2ccoc12)C(=O)OC(C)(C)C. The van der Waals surface area contributed by atoms with Crippen LogP contribution in [-0.4, -0.2) is 48.7 Å². The highest BCUT2D eigenvalue weighted by Crippen LogP contribution is 2.32. The molecule has 1 heterocycles. The Labute approximate surface area is 152 Å². The van der Waals surface area contributed by atoms with E-state index >= 15 is 0 Å². The first-order valence-corrected chi connectivity index (χ1v) is 8.39. The van der Waals surface area contributed by atoms with E-state index in [0.29, 0.717) is 36.2 Å². The maximum atomic E-state index is 12.0. The quantitative estimate of drug-likeness (QED) is 0.568. The third-order valence-corrected chi connectivity index (χ3v) is 3.83. The summed E-state index contributed by atoms with van der Waals surface area (Å²) < 4.78 is 10.8. The molecule has 8 heteroatoms. The molecule has 0 aliphatic heterocycles. The Hall–Kier alpha value is -2.77. The number of furan rings is 1. The molecule has 1 amide bonds. The summed E-state index contributed by atoms with van der Waals surface area (Å²) in [7, 11) is 3.53. The number of nitrogens with zero attached hydrogens (tertiary/aromatic N) is 3. The fourth-order valence-electron chi connectivity index (χ4n) is 2.53. The highest BCUT2D eigenvalue weighted by atomic mass is 16.6. The Kier molecular flexibility index (Phi) is 5.74. The highest BCUT2D eigenvalue weighted by molar-refractivity contribution is 5.91. The van der Waals surface area contributed by atoms with Crippen molar-refractivity contribution in [2.75, 3.05) is 32.1 Å². The molecule has 2 rings (SSSR count). The molecule has 0 aliphatic rings. The number of carbonyl (C=O) groups excluding carboxylic acids is 1. The van der Waals surface area contributed by atoms with Crippen molar-refractivity contribution in [3.8, 4) is 0 Å². The van der Waals surface area contributed by atoms with Gasteiger partial charge in [0.15, 0.2) is 5.58 Å². The second-order valence-electron chi connectivity index (χ2n) is 7.24. The Morgan fingerprint density at radius 2 is 1.96 bits per heavy atom. The van der Waals surface area contributed by atoms with Gasteiger partial charge in [-0.3, -0.25) is 10.1 Å². The smallest absolute Gasteiger partial charge is 0.410 e. The number of non-ortho nitro benzene ring substituents is 1. The monoisotopic (exact) mass is 363 g/mol. The molecule has 1 aromatic heterocycles. The summed E-state index contributed by atoms with van der Waals surface area (Å²) in [5.41, 5.74) is 0.750. The van der Waals surface area contributed by atoms with E-state index in [1.165, 1.54) is 23.3 Å². The van der Waals surface area contributed by atoms with Gasteiger partial charge in [0.05, 0.1) is 16.9 Å². The van der Waals surface area contributed by atoms with E-state index in [1.807, 2.05) is 32.7 Å². The van der Waals surface area contributed by atoms with Crippen LogP contribution in [0.4, 0.5) is 16.2 Å². The van der Waals surface area contributed by atoms with Gasteiger partial charge in [0.25, 0.3) is 5.69 Å². The summed E-state index contributed by atoms with van der Waals surface area (Å²) in [5, 5.41) is 11.8. The van der Waals surface area contributed by atoms with Gasteiger partial charge in [-0.1, -0.05) is 0 Å². The minimum absolute atomic E-state index is 0.0200. The standard InChI is InChI=1S/C18H25N3O5/c1-18(2,3)26-17(22)20(5)9-6-8-19(4)15-12-14(21(23)24)11-13-7-10-25-16(13)15/h7,10-12H,6,8-9H2,1-5H3. The predicted molar refractivity (Wildman–Crippen MR) is 99.6 cm³/mol. The lowest BCUT2D eigenvalue weighted by atomic mass is 10.2. The Balaban J connectivity index is 2.01. The number of hydrogen-bond donors (Lipinski definition) is 0. The number of nitro groups is 1. The topological polar surface area (TPSA) is 89.1 Å². The van der Waals surface area contributed by atoms with E-state index in [2.05, 4.69) is 0 Å². The van der Waals surface area contributed by atoms with Crippen LogP contribution in [0.1, 0.15) is 27.2 Å². The average Bonchev–Trinajstić information content (AvgIpc) is 3.00. The van der Waals surface area contributed by atoms with Crippen molar-refractivity contribution in [3.63, 3.8) is 0 Å². The van der Waals surface area contributed by atoms with Crippen molar-refractivity contribution in [1.82, 2.24) is 4.90 Å². The number of rotatable bonds is 6. The summed E-state index contributed by atoms with van der Waals surface area (Å²) >= 11 is 0. The molecular formula is C18H25N3O5. The van der Waals surface area contributed by atoms with Crippen LogP contribution in [0.15, 0.2) is 28.9 Å². The van der Waals surface area contributed by atoms with Crippen molar-refractivity contribution in [1.29, 1.82) is 0 Å². The molecule has 0 unspecified atom stereocenters. The number of ether oxygens (including phenoxy) is 1. The number of fused-ring (bicyclic) bond motifs is 1. The van der Waals surface area contributed by atoms with Gasteiger partial charge in [-0.25, -0.2) is 4.79 Å². The third kappa shape index (κ3) is 4.87. The van der Waals surface area contributed by atoms with Gasteiger partial charge >= 0.3 is 6.09 Å². The van der Waals surface area contributed by atoms with Crippen LogP contribution in [0.3, 0.4) is 0 Å². The number of amides is 1. The van der Waals surface area contributed by atoms with Gasteiger partial charge in [0, 0.05) is 44.7 Å². The fraction of sp³-hybridized carbons (Fsp3) is 0.500. The molecule has 0 saturated heterocycles. The number of hydrogen-bond acceptors (Lipinski definition) is 6. The van der Waals surface area contributed by atoms with Gasteiger partial charge in [0.1, 0.15) is 5.60 Å². The van der Waals surface area contributed by atoms with Crippen molar-refractivity contribution in [2.24, 2.45) is 0 Å². The van der Waals surface area contributed by atoms with E-state index in [9.17, 15) is 14.9 Å². The first-order valence-electron chi connectivity index (χ1n) is 8.39. The lowest BCUT2D eigenvalue weighted by molar-refractivity contribution is -0.384. The van der Waals surface area contributed by atoms with E-state index in [4.69, 9.17) is 9.15 Å². The normalized spacial score (nSPS) is 11.4. The van der Waals surface area contributed by atoms with Gasteiger partial charge in [0.2, 0.25) is 0 Å². The molecule has 0 radical (unpaired) electrons. The summed E-state index contributed by atoms with van der Waals surface area (Å²) in [6.45, 7) is 6.58. The Bertz CT molecular complexity index is 794. The van der Waals surface area contributed by atoms with Crippen LogP contribution >= 0.6 is 0 Å².